The Balaban J connectivity index is 2.91. The highest BCUT2D eigenvalue weighted by atomic mass is 16.5. The fourth-order valence-corrected chi connectivity index (χ4v) is 1.73. The van der Waals surface area contributed by atoms with Crippen molar-refractivity contribution < 1.29 is 9.84 Å². The second-order valence-electron chi connectivity index (χ2n) is 4.38. The maximum absolute atomic E-state index is 9.91. The van der Waals surface area contributed by atoms with Gasteiger partial charge in [-0.05, 0) is 30.5 Å². The van der Waals surface area contributed by atoms with Gasteiger partial charge in [-0.2, -0.15) is 0 Å². The SMILES string of the molecule is CCc1cc(CC(C)(O)CN)ccc1OC. The van der Waals surface area contributed by atoms with E-state index in [1.165, 1.54) is 0 Å². The second-order valence-corrected chi connectivity index (χ2v) is 4.38. The van der Waals surface area contributed by atoms with Gasteiger partial charge in [0.15, 0.2) is 0 Å². The lowest BCUT2D eigenvalue weighted by molar-refractivity contribution is 0.0696. The van der Waals surface area contributed by atoms with Crippen molar-refractivity contribution in [1.29, 1.82) is 0 Å². The fraction of sp³-hybridized carbons (Fsp3) is 0.538. The minimum absolute atomic E-state index is 0.264. The maximum atomic E-state index is 9.91. The summed E-state index contributed by atoms with van der Waals surface area (Å²) in [7, 11) is 1.67. The van der Waals surface area contributed by atoms with E-state index in [2.05, 4.69) is 13.0 Å². The number of rotatable bonds is 5. The Morgan fingerprint density at radius 2 is 2.12 bits per heavy atom. The van der Waals surface area contributed by atoms with E-state index in [9.17, 15) is 5.11 Å². The van der Waals surface area contributed by atoms with Gasteiger partial charge in [0.05, 0.1) is 12.7 Å². The van der Waals surface area contributed by atoms with Crippen molar-refractivity contribution >= 4 is 0 Å². The molecule has 1 atom stereocenters. The van der Waals surface area contributed by atoms with Crippen LogP contribution in [0.15, 0.2) is 18.2 Å². The number of hydrogen-bond donors (Lipinski definition) is 2. The van der Waals surface area contributed by atoms with Gasteiger partial charge in [0, 0.05) is 13.0 Å². The van der Waals surface area contributed by atoms with Gasteiger partial charge in [0.1, 0.15) is 5.75 Å². The van der Waals surface area contributed by atoms with Crippen molar-refractivity contribution in [3.63, 3.8) is 0 Å². The van der Waals surface area contributed by atoms with Crippen LogP contribution in [0, 0.1) is 0 Å². The monoisotopic (exact) mass is 223 g/mol. The fourth-order valence-electron chi connectivity index (χ4n) is 1.73. The number of methoxy groups -OCH3 is 1. The summed E-state index contributed by atoms with van der Waals surface area (Å²) < 4.78 is 5.26. The summed E-state index contributed by atoms with van der Waals surface area (Å²) in [5.41, 5.74) is 6.92. The number of ether oxygens (including phenoxy) is 1. The first kappa shape index (κ1) is 13.0. The molecule has 0 spiro atoms. The molecular formula is C13H21NO2. The van der Waals surface area contributed by atoms with Crippen LogP contribution in [-0.2, 0) is 12.8 Å². The number of nitrogens with two attached hydrogens (primary N) is 1. The number of benzene rings is 1. The van der Waals surface area contributed by atoms with E-state index >= 15 is 0 Å². The third-order valence-electron chi connectivity index (χ3n) is 2.75. The predicted octanol–water partition coefficient (Wildman–Crippen LogP) is 1.51. The molecule has 90 valence electrons. The Morgan fingerprint density at radius 1 is 1.44 bits per heavy atom. The van der Waals surface area contributed by atoms with Gasteiger partial charge in [-0.15, -0.1) is 0 Å². The molecule has 0 bridgehead atoms. The van der Waals surface area contributed by atoms with Crippen molar-refractivity contribution in [3.05, 3.63) is 29.3 Å². The predicted molar refractivity (Wildman–Crippen MR) is 65.8 cm³/mol. The molecule has 1 rings (SSSR count). The molecule has 0 fully saturated rings. The molecule has 0 aliphatic carbocycles. The van der Waals surface area contributed by atoms with Crippen LogP contribution in [0.1, 0.15) is 25.0 Å². The smallest absolute Gasteiger partial charge is 0.122 e. The van der Waals surface area contributed by atoms with Crippen LogP contribution in [0.5, 0.6) is 5.75 Å². The maximum Gasteiger partial charge on any atom is 0.122 e. The summed E-state index contributed by atoms with van der Waals surface area (Å²) in [5, 5.41) is 9.91. The molecule has 0 heterocycles. The standard InChI is InChI=1S/C13H21NO2/c1-4-11-7-10(5-6-12(11)16-3)8-13(2,15)9-14/h5-7,15H,4,8-9,14H2,1-3H3. The van der Waals surface area contributed by atoms with E-state index in [1.54, 1.807) is 14.0 Å². The molecule has 1 unspecified atom stereocenters. The zero-order valence-electron chi connectivity index (χ0n) is 10.3. The molecule has 0 radical (unpaired) electrons. The van der Waals surface area contributed by atoms with Crippen LogP contribution in [0.3, 0.4) is 0 Å². The Kier molecular flexibility index (Phi) is 4.33. The molecule has 0 aliphatic heterocycles. The molecule has 0 saturated heterocycles. The van der Waals surface area contributed by atoms with Gasteiger partial charge in [-0.1, -0.05) is 19.1 Å². The topological polar surface area (TPSA) is 55.5 Å². The zero-order valence-corrected chi connectivity index (χ0v) is 10.3. The quantitative estimate of drug-likeness (QED) is 0.795. The van der Waals surface area contributed by atoms with Gasteiger partial charge in [0.25, 0.3) is 0 Å². The minimum Gasteiger partial charge on any atom is -0.496 e. The van der Waals surface area contributed by atoms with E-state index in [-0.39, 0.29) is 6.54 Å². The van der Waals surface area contributed by atoms with Gasteiger partial charge in [-0.3, -0.25) is 0 Å². The molecule has 1 aromatic rings. The van der Waals surface area contributed by atoms with E-state index < -0.39 is 5.60 Å². The van der Waals surface area contributed by atoms with Crippen molar-refractivity contribution in [1.82, 2.24) is 0 Å². The Labute approximate surface area is 97.2 Å². The summed E-state index contributed by atoms with van der Waals surface area (Å²) in [6.45, 7) is 4.10. The van der Waals surface area contributed by atoms with Crippen LogP contribution in [-0.4, -0.2) is 24.4 Å². The summed E-state index contributed by atoms with van der Waals surface area (Å²) in [6.07, 6.45) is 1.49. The minimum atomic E-state index is -0.834. The summed E-state index contributed by atoms with van der Waals surface area (Å²) in [4.78, 5) is 0. The van der Waals surface area contributed by atoms with Crippen LogP contribution in [0.4, 0.5) is 0 Å². The molecule has 16 heavy (non-hydrogen) atoms. The first-order valence-electron chi connectivity index (χ1n) is 5.60. The van der Waals surface area contributed by atoms with E-state index in [4.69, 9.17) is 10.5 Å². The molecule has 0 aromatic heterocycles. The number of hydrogen-bond acceptors (Lipinski definition) is 3. The summed E-state index contributed by atoms with van der Waals surface area (Å²) in [5.74, 6) is 0.902. The Morgan fingerprint density at radius 3 is 2.62 bits per heavy atom. The third kappa shape index (κ3) is 3.22. The zero-order chi connectivity index (χ0) is 12.2. The van der Waals surface area contributed by atoms with Crippen LogP contribution < -0.4 is 10.5 Å². The van der Waals surface area contributed by atoms with E-state index in [0.717, 1.165) is 23.3 Å². The second kappa shape index (κ2) is 5.32. The molecule has 1 aromatic carbocycles. The molecule has 3 heteroatoms. The lowest BCUT2D eigenvalue weighted by Crippen LogP contribution is -2.36. The normalized spacial score (nSPS) is 14.6. The van der Waals surface area contributed by atoms with Crippen LogP contribution in [0.25, 0.3) is 0 Å². The molecule has 3 N–H and O–H groups in total. The highest BCUT2D eigenvalue weighted by Gasteiger charge is 2.19. The molecule has 0 saturated carbocycles. The van der Waals surface area contributed by atoms with Gasteiger partial charge < -0.3 is 15.6 Å². The molecule has 0 amide bonds. The lowest BCUT2D eigenvalue weighted by atomic mass is 9.95. The average molecular weight is 223 g/mol. The largest absolute Gasteiger partial charge is 0.496 e. The van der Waals surface area contributed by atoms with Crippen molar-refractivity contribution in [2.24, 2.45) is 5.73 Å². The average Bonchev–Trinajstić information content (AvgIpc) is 2.28. The van der Waals surface area contributed by atoms with E-state index in [0.29, 0.717) is 6.42 Å². The van der Waals surface area contributed by atoms with Crippen molar-refractivity contribution in [2.75, 3.05) is 13.7 Å². The summed E-state index contributed by atoms with van der Waals surface area (Å²) in [6, 6.07) is 5.99. The van der Waals surface area contributed by atoms with Gasteiger partial charge in [0.2, 0.25) is 0 Å². The highest BCUT2D eigenvalue weighted by Crippen LogP contribution is 2.22. The Hall–Kier alpha value is -1.06. The molecule has 0 aliphatic rings. The van der Waals surface area contributed by atoms with Crippen LogP contribution >= 0.6 is 0 Å². The molecule has 3 nitrogen and oxygen atoms in total. The number of aliphatic hydroxyl groups is 1. The highest BCUT2D eigenvalue weighted by molar-refractivity contribution is 5.37. The van der Waals surface area contributed by atoms with Crippen molar-refractivity contribution in [3.8, 4) is 5.75 Å². The van der Waals surface area contributed by atoms with Crippen molar-refractivity contribution in [2.45, 2.75) is 32.3 Å². The molecular weight excluding hydrogens is 202 g/mol. The third-order valence-corrected chi connectivity index (χ3v) is 2.75. The van der Waals surface area contributed by atoms with Gasteiger partial charge in [-0.25, -0.2) is 0 Å². The van der Waals surface area contributed by atoms with Gasteiger partial charge >= 0.3 is 0 Å². The van der Waals surface area contributed by atoms with Crippen LogP contribution in [0.2, 0.25) is 0 Å². The first-order chi connectivity index (χ1) is 7.52. The summed E-state index contributed by atoms with van der Waals surface area (Å²) >= 11 is 0. The van der Waals surface area contributed by atoms with E-state index in [1.807, 2.05) is 12.1 Å². The lowest BCUT2D eigenvalue weighted by Gasteiger charge is -2.21. The Bertz CT molecular complexity index is 348. The number of aryl methyl sites for hydroxylation is 1. The first-order valence-corrected chi connectivity index (χ1v) is 5.60.